The number of halogens is 2. The van der Waals surface area contributed by atoms with E-state index < -0.39 is 0 Å². The van der Waals surface area contributed by atoms with Gasteiger partial charge in [-0.1, -0.05) is 23.5 Å². The van der Waals surface area contributed by atoms with Crippen LogP contribution in [-0.4, -0.2) is 24.8 Å². The van der Waals surface area contributed by atoms with Gasteiger partial charge in [0.15, 0.2) is 0 Å². The maximum Gasteiger partial charge on any atom is 0.343 e. The largest absolute Gasteiger partial charge is 0.422 e. The smallest absolute Gasteiger partial charge is 0.343 e. The van der Waals surface area contributed by atoms with Crippen LogP contribution in [-0.2, 0) is 7.05 Å². The number of hydrogen-bond acceptors (Lipinski definition) is 4. The molecule has 0 radical (unpaired) electrons. The van der Waals surface area contributed by atoms with Gasteiger partial charge < -0.3 is 9.32 Å². The standard InChI is InChI=1S/C23H21Cl2N2O2S/c1-26-19-4-2-3-5-21(19)30-22(26)9-7-17-14-16-6-8-18(15-20(16)29-23(17)28)27(12-10-24)13-11-25/h2-9,14-15H,10-13H2,1H3/q+1. The van der Waals surface area contributed by atoms with Gasteiger partial charge in [-0.2, -0.15) is 4.57 Å². The van der Waals surface area contributed by atoms with E-state index in [2.05, 4.69) is 21.6 Å². The van der Waals surface area contributed by atoms with Gasteiger partial charge in [0.1, 0.15) is 17.3 Å². The molecule has 0 bridgehead atoms. The minimum Gasteiger partial charge on any atom is -0.422 e. The molecule has 0 aliphatic rings. The summed E-state index contributed by atoms with van der Waals surface area (Å²) in [7, 11) is 2.02. The molecular formula is C23H21Cl2N2O2S+. The van der Waals surface area contributed by atoms with Crippen molar-refractivity contribution in [1.29, 1.82) is 0 Å². The summed E-state index contributed by atoms with van der Waals surface area (Å²) in [6, 6.07) is 15.9. The fraction of sp³-hybridized carbons (Fsp3) is 0.217. The average molecular weight is 460 g/mol. The Morgan fingerprint density at radius 1 is 1.07 bits per heavy atom. The van der Waals surface area contributed by atoms with Gasteiger partial charge >= 0.3 is 5.63 Å². The Morgan fingerprint density at radius 3 is 2.57 bits per heavy atom. The zero-order valence-electron chi connectivity index (χ0n) is 16.5. The molecule has 0 aliphatic carbocycles. The van der Waals surface area contributed by atoms with Gasteiger partial charge in [0.25, 0.3) is 5.01 Å². The molecule has 4 rings (SSSR count). The minimum atomic E-state index is -0.360. The molecule has 2 heterocycles. The highest BCUT2D eigenvalue weighted by molar-refractivity contribution is 7.18. The average Bonchev–Trinajstić information content (AvgIpc) is 3.07. The molecule has 154 valence electrons. The van der Waals surface area contributed by atoms with E-state index >= 15 is 0 Å². The summed E-state index contributed by atoms with van der Waals surface area (Å²) in [6.45, 7) is 1.36. The molecule has 7 heteroatoms. The Labute approximate surface area is 188 Å². The SMILES string of the molecule is C[n+]1c(/C=C/c2cc3ccc(N(CCCl)CCCl)cc3oc2=O)sc2ccccc21. The second-order valence-electron chi connectivity index (χ2n) is 6.88. The maximum atomic E-state index is 12.6. The van der Waals surface area contributed by atoms with Gasteiger partial charge in [0.05, 0.1) is 5.56 Å². The van der Waals surface area contributed by atoms with Crippen molar-refractivity contribution in [2.45, 2.75) is 0 Å². The molecule has 0 spiro atoms. The zero-order valence-corrected chi connectivity index (χ0v) is 18.8. The lowest BCUT2D eigenvalue weighted by molar-refractivity contribution is -0.642. The van der Waals surface area contributed by atoms with E-state index in [0.29, 0.717) is 36.0 Å². The molecule has 0 saturated carbocycles. The normalized spacial score (nSPS) is 11.7. The third-order valence-corrected chi connectivity index (χ3v) is 6.52. The predicted octanol–water partition coefficient (Wildman–Crippen LogP) is 5.29. The first-order valence-electron chi connectivity index (χ1n) is 9.61. The summed E-state index contributed by atoms with van der Waals surface area (Å²) < 4.78 is 8.94. The number of hydrogen-bond donors (Lipinski definition) is 0. The van der Waals surface area contributed by atoms with Gasteiger partial charge in [-0.15, -0.1) is 23.2 Å². The number of anilines is 1. The number of aromatic nitrogens is 1. The molecular weight excluding hydrogens is 439 g/mol. The third-order valence-electron chi connectivity index (χ3n) is 5.00. The minimum absolute atomic E-state index is 0.360. The van der Waals surface area contributed by atoms with Crippen molar-refractivity contribution in [2.24, 2.45) is 7.05 Å². The Morgan fingerprint density at radius 2 is 1.83 bits per heavy atom. The fourth-order valence-corrected chi connectivity index (χ4v) is 4.89. The molecule has 30 heavy (non-hydrogen) atoms. The van der Waals surface area contributed by atoms with Crippen LogP contribution in [0, 0.1) is 0 Å². The van der Waals surface area contributed by atoms with Gasteiger partial charge in [0, 0.05) is 54.1 Å². The number of rotatable bonds is 7. The molecule has 0 atom stereocenters. The van der Waals surface area contributed by atoms with E-state index in [1.54, 1.807) is 11.3 Å². The second-order valence-corrected chi connectivity index (χ2v) is 8.69. The van der Waals surface area contributed by atoms with E-state index in [1.165, 1.54) is 10.2 Å². The van der Waals surface area contributed by atoms with Crippen LogP contribution in [0.15, 0.2) is 57.7 Å². The van der Waals surface area contributed by atoms with Crippen molar-refractivity contribution in [3.63, 3.8) is 0 Å². The molecule has 0 N–H and O–H groups in total. The van der Waals surface area contributed by atoms with E-state index in [9.17, 15) is 4.79 Å². The lowest BCUT2D eigenvalue weighted by atomic mass is 10.1. The van der Waals surface area contributed by atoms with Crippen LogP contribution in [0.1, 0.15) is 10.6 Å². The third kappa shape index (κ3) is 4.24. The monoisotopic (exact) mass is 459 g/mol. The van der Waals surface area contributed by atoms with Crippen molar-refractivity contribution in [1.82, 2.24) is 0 Å². The van der Waals surface area contributed by atoms with E-state index in [1.807, 2.05) is 55.6 Å². The summed E-state index contributed by atoms with van der Waals surface area (Å²) in [4.78, 5) is 14.6. The molecule has 0 amide bonds. The number of fused-ring (bicyclic) bond motifs is 2. The maximum absolute atomic E-state index is 12.6. The zero-order chi connectivity index (χ0) is 21.1. The molecule has 4 aromatic rings. The van der Waals surface area contributed by atoms with Crippen molar-refractivity contribution in [3.8, 4) is 0 Å². The van der Waals surface area contributed by atoms with Crippen LogP contribution >= 0.6 is 34.5 Å². The summed E-state index contributed by atoms with van der Waals surface area (Å²) in [5.74, 6) is 0.996. The molecule has 2 aromatic carbocycles. The molecule has 0 saturated heterocycles. The van der Waals surface area contributed by atoms with Crippen LogP contribution in [0.4, 0.5) is 5.69 Å². The van der Waals surface area contributed by atoms with E-state index in [0.717, 1.165) is 16.1 Å². The van der Waals surface area contributed by atoms with Crippen LogP contribution in [0.2, 0.25) is 0 Å². The number of aryl methyl sites for hydroxylation is 1. The first kappa shape index (κ1) is 20.9. The van der Waals surface area contributed by atoms with Crippen molar-refractivity contribution in [2.75, 3.05) is 29.7 Å². The Bertz CT molecular complexity index is 1270. The van der Waals surface area contributed by atoms with Crippen molar-refractivity contribution >= 4 is 73.6 Å². The fourth-order valence-electron chi connectivity index (χ4n) is 3.43. The van der Waals surface area contributed by atoms with E-state index in [4.69, 9.17) is 27.6 Å². The van der Waals surface area contributed by atoms with Gasteiger partial charge in [-0.25, -0.2) is 4.79 Å². The van der Waals surface area contributed by atoms with Gasteiger partial charge in [-0.05, 0) is 30.3 Å². The van der Waals surface area contributed by atoms with Crippen LogP contribution in [0.3, 0.4) is 0 Å². The molecule has 0 unspecified atom stereocenters. The van der Waals surface area contributed by atoms with Crippen LogP contribution < -0.4 is 15.1 Å². The van der Waals surface area contributed by atoms with Gasteiger partial charge in [0.2, 0.25) is 5.52 Å². The number of benzene rings is 2. The van der Waals surface area contributed by atoms with E-state index in [-0.39, 0.29) is 5.63 Å². The lowest BCUT2D eigenvalue weighted by Gasteiger charge is -2.22. The Kier molecular flexibility index (Phi) is 6.42. The predicted molar refractivity (Wildman–Crippen MR) is 128 cm³/mol. The van der Waals surface area contributed by atoms with Crippen LogP contribution in [0.5, 0.6) is 0 Å². The molecule has 4 nitrogen and oxygen atoms in total. The topological polar surface area (TPSA) is 37.3 Å². The molecule has 2 aromatic heterocycles. The number of thiazole rings is 1. The van der Waals surface area contributed by atoms with Crippen molar-refractivity contribution < 1.29 is 8.98 Å². The number of para-hydroxylation sites is 1. The van der Waals surface area contributed by atoms with Crippen molar-refractivity contribution in [3.05, 3.63) is 69.5 Å². The number of nitrogens with zero attached hydrogens (tertiary/aromatic N) is 2. The second kappa shape index (κ2) is 9.21. The quantitative estimate of drug-likeness (QED) is 0.214. The van der Waals surface area contributed by atoms with Crippen LogP contribution in [0.25, 0.3) is 33.3 Å². The first-order valence-corrected chi connectivity index (χ1v) is 11.5. The summed E-state index contributed by atoms with van der Waals surface area (Å²) in [5, 5.41) is 1.93. The highest BCUT2D eigenvalue weighted by Crippen LogP contribution is 2.24. The Balaban J connectivity index is 1.67. The van der Waals surface area contributed by atoms with Gasteiger partial charge in [-0.3, -0.25) is 0 Å². The summed E-state index contributed by atoms with van der Waals surface area (Å²) in [6.07, 6.45) is 3.77. The highest BCUT2D eigenvalue weighted by atomic mass is 35.5. The summed E-state index contributed by atoms with van der Waals surface area (Å²) in [5.41, 5.74) is 2.81. The lowest BCUT2D eigenvalue weighted by Crippen LogP contribution is -2.28. The molecule has 0 aliphatic heterocycles. The number of alkyl halides is 2. The summed E-state index contributed by atoms with van der Waals surface area (Å²) >= 11 is 13.5. The molecule has 0 fully saturated rings. The first-order chi connectivity index (χ1) is 14.6. The Hall–Kier alpha value is -2.34. The highest BCUT2D eigenvalue weighted by Gasteiger charge is 2.14.